The number of benzene rings is 1. The summed E-state index contributed by atoms with van der Waals surface area (Å²) in [6.45, 7) is 2.19. The molecule has 96 valence electrons. The minimum atomic E-state index is -0.274. The van der Waals surface area contributed by atoms with Crippen LogP contribution in [0.4, 0.5) is 0 Å². The largest absolute Gasteiger partial charge is 0.393 e. The minimum Gasteiger partial charge on any atom is -0.393 e. The summed E-state index contributed by atoms with van der Waals surface area (Å²) in [5.74, 6) is 0. The predicted octanol–water partition coefficient (Wildman–Crippen LogP) is 4.87. The zero-order valence-electron chi connectivity index (χ0n) is 10.3. The van der Waals surface area contributed by atoms with E-state index in [0.717, 1.165) is 18.4 Å². The van der Waals surface area contributed by atoms with Gasteiger partial charge in [0.1, 0.15) is 0 Å². The summed E-state index contributed by atoms with van der Waals surface area (Å²) < 4.78 is 0. The fourth-order valence-electron chi connectivity index (χ4n) is 1.85. The van der Waals surface area contributed by atoms with Crippen LogP contribution < -0.4 is 0 Å². The van der Waals surface area contributed by atoms with Gasteiger partial charge in [0.2, 0.25) is 0 Å². The van der Waals surface area contributed by atoms with E-state index in [1.165, 1.54) is 19.3 Å². The van der Waals surface area contributed by atoms with Gasteiger partial charge in [0.05, 0.1) is 16.1 Å². The van der Waals surface area contributed by atoms with Crippen molar-refractivity contribution in [2.75, 3.05) is 0 Å². The molecule has 0 bridgehead atoms. The minimum absolute atomic E-state index is 0.274. The molecule has 0 aliphatic rings. The average molecular weight is 275 g/mol. The van der Waals surface area contributed by atoms with E-state index in [0.29, 0.717) is 16.5 Å². The van der Waals surface area contributed by atoms with Crippen molar-refractivity contribution in [3.63, 3.8) is 0 Å². The maximum absolute atomic E-state index is 9.89. The molecule has 1 rings (SSSR count). The molecule has 0 spiro atoms. The van der Waals surface area contributed by atoms with E-state index >= 15 is 0 Å². The number of unbranched alkanes of at least 4 members (excludes halogenated alkanes) is 3. The van der Waals surface area contributed by atoms with Crippen molar-refractivity contribution >= 4 is 23.2 Å². The Kier molecular flexibility index (Phi) is 6.94. The van der Waals surface area contributed by atoms with E-state index in [-0.39, 0.29) is 6.10 Å². The fraction of sp³-hybridized carbons (Fsp3) is 0.571. The van der Waals surface area contributed by atoms with Gasteiger partial charge in [-0.15, -0.1) is 0 Å². The average Bonchev–Trinajstić information content (AvgIpc) is 2.30. The highest BCUT2D eigenvalue weighted by molar-refractivity contribution is 6.42. The second-order valence-electron chi connectivity index (χ2n) is 4.46. The van der Waals surface area contributed by atoms with Crippen molar-refractivity contribution in [1.82, 2.24) is 0 Å². The highest BCUT2D eigenvalue weighted by Crippen LogP contribution is 2.23. The summed E-state index contributed by atoms with van der Waals surface area (Å²) in [5.41, 5.74) is 1.04. The third-order valence-corrected chi connectivity index (χ3v) is 3.59. The number of hydrogen-bond acceptors (Lipinski definition) is 1. The summed E-state index contributed by atoms with van der Waals surface area (Å²) in [6.07, 6.45) is 6.01. The smallest absolute Gasteiger partial charge is 0.0595 e. The second-order valence-corrected chi connectivity index (χ2v) is 5.27. The summed E-state index contributed by atoms with van der Waals surface area (Å²) in [4.78, 5) is 0. The molecule has 1 nitrogen and oxygen atoms in total. The zero-order valence-corrected chi connectivity index (χ0v) is 11.8. The molecule has 1 unspecified atom stereocenters. The molecule has 0 saturated carbocycles. The SMILES string of the molecule is CCCCCCC(O)Cc1ccc(Cl)c(Cl)c1. The Labute approximate surface area is 114 Å². The number of aliphatic hydroxyl groups excluding tert-OH is 1. The van der Waals surface area contributed by atoms with Crippen molar-refractivity contribution < 1.29 is 5.11 Å². The first kappa shape index (κ1) is 14.8. The third kappa shape index (κ3) is 5.76. The van der Waals surface area contributed by atoms with Gasteiger partial charge in [0.25, 0.3) is 0 Å². The Morgan fingerprint density at radius 1 is 1.12 bits per heavy atom. The molecule has 0 amide bonds. The number of aliphatic hydroxyl groups is 1. The Bertz CT molecular complexity index is 339. The predicted molar refractivity (Wildman–Crippen MR) is 74.9 cm³/mol. The first-order chi connectivity index (χ1) is 8.13. The van der Waals surface area contributed by atoms with Crippen LogP contribution in [0.2, 0.25) is 10.0 Å². The van der Waals surface area contributed by atoms with Crippen LogP contribution in [0.1, 0.15) is 44.6 Å². The first-order valence-electron chi connectivity index (χ1n) is 6.25. The molecule has 0 aromatic heterocycles. The summed E-state index contributed by atoms with van der Waals surface area (Å²) in [6, 6.07) is 5.53. The molecule has 0 heterocycles. The van der Waals surface area contributed by atoms with E-state index in [9.17, 15) is 5.11 Å². The highest BCUT2D eigenvalue weighted by atomic mass is 35.5. The van der Waals surface area contributed by atoms with E-state index < -0.39 is 0 Å². The molecule has 0 aliphatic heterocycles. The summed E-state index contributed by atoms with van der Waals surface area (Å²) in [7, 11) is 0. The molecule has 0 aliphatic carbocycles. The van der Waals surface area contributed by atoms with E-state index in [1.807, 2.05) is 12.1 Å². The Balaban J connectivity index is 2.34. The standard InChI is InChI=1S/C14H20Cl2O/c1-2-3-4-5-6-12(17)9-11-7-8-13(15)14(16)10-11/h7-8,10,12,17H,2-6,9H2,1H3. The van der Waals surface area contributed by atoms with Crippen LogP contribution in [-0.2, 0) is 6.42 Å². The van der Waals surface area contributed by atoms with Crippen LogP contribution in [0.15, 0.2) is 18.2 Å². The van der Waals surface area contributed by atoms with Crippen LogP contribution >= 0.6 is 23.2 Å². The number of rotatable bonds is 7. The van der Waals surface area contributed by atoms with E-state index in [1.54, 1.807) is 6.07 Å². The van der Waals surface area contributed by atoms with Crippen LogP contribution in [0.3, 0.4) is 0 Å². The number of halogens is 2. The van der Waals surface area contributed by atoms with Gasteiger partial charge < -0.3 is 5.11 Å². The Morgan fingerprint density at radius 2 is 1.88 bits per heavy atom. The molecule has 1 aromatic carbocycles. The topological polar surface area (TPSA) is 20.2 Å². The lowest BCUT2D eigenvalue weighted by Gasteiger charge is -2.11. The lowest BCUT2D eigenvalue weighted by atomic mass is 10.0. The molecule has 1 atom stereocenters. The van der Waals surface area contributed by atoms with Crippen LogP contribution in [0.25, 0.3) is 0 Å². The van der Waals surface area contributed by atoms with Crippen molar-refractivity contribution in [2.45, 2.75) is 51.6 Å². The van der Waals surface area contributed by atoms with E-state index in [2.05, 4.69) is 6.92 Å². The van der Waals surface area contributed by atoms with Gasteiger partial charge >= 0.3 is 0 Å². The van der Waals surface area contributed by atoms with Gasteiger partial charge in [-0.25, -0.2) is 0 Å². The molecule has 17 heavy (non-hydrogen) atoms. The normalized spacial score (nSPS) is 12.7. The molecule has 0 saturated heterocycles. The zero-order chi connectivity index (χ0) is 12.7. The summed E-state index contributed by atoms with van der Waals surface area (Å²) >= 11 is 11.8. The van der Waals surface area contributed by atoms with Crippen LogP contribution in [-0.4, -0.2) is 11.2 Å². The molecule has 3 heteroatoms. The molecule has 1 aromatic rings. The quantitative estimate of drug-likeness (QED) is 0.704. The van der Waals surface area contributed by atoms with Gasteiger partial charge in [-0.3, -0.25) is 0 Å². The molecule has 0 fully saturated rings. The Morgan fingerprint density at radius 3 is 2.53 bits per heavy atom. The van der Waals surface area contributed by atoms with Gasteiger partial charge in [0, 0.05) is 0 Å². The highest BCUT2D eigenvalue weighted by Gasteiger charge is 2.07. The second kappa shape index (κ2) is 7.97. The molecule has 0 radical (unpaired) electrons. The summed E-state index contributed by atoms with van der Waals surface area (Å²) in [5, 5.41) is 11.0. The first-order valence-corrected chi connectivity index (χ1v) is 7.01. The monoisotopic (exact) mass is 274 g/mol. The Hall–Kier alpha value is -0.240. The lowest BCUT2D eigenvalue weighted by molar-refractivity contribution is 0.161. The van der Waals surface area contributed by atoms with Gasteiger partial charge in [-0.05, 0) is 30.5 Å². The number of hydrogen-bond donors (Lipinski definition) is 1. The third-order valence-electron chi connectivity index (χ3n) is 2.85. The van der Waals surface area contributed by atoms with Gasteiger partial charge in [-0.2, -0.15) is 0 Å². The van der Waals surface area contributed by atoms with Crippen LogP contribution in [0.5, 0.6) is 0 Å². The molecular weight excluding hydrogens is 255 g/mol. The van der Waals surface area contributed by atoms with Crippen molar-refractivity contribution in [2.24, 2.45) is 0 Å². The van der Waals surface area contributed by atoms with Crippen molar-refractivity contribution in [1.29, 1.82) is 0 Å². The van der Waals surface area contributed by atoms with Crippen molar-refractivity contribution in [3.8, 4) is 0 Å². The lowest BCUT2D eigenvalue weighted by Crippen LogP contribution is -2.10. The van der Waals surface area contributed by atoms with Gasteiger partial charge in [-0.1, -0.05) is 61.9 Å². The molecule has 1 N–H and O–H groups in total. The van der Waals surface area contributed by atoms with Crippen molar-refractivity contribution in [3.05, 3.63) is 33.8 Å². The van der Waals surface area contributed by atoms with E-state index in [4.69, 9.17) is 23.2 Å². The van der Waals surface area contributed by atoms with Gasteiger partial charge in [0.15, 0.2) is 0 Å². The maximum atomic E-state index is 9.89. The fourth-order valence-corrected chi connectivity index (χ4v) is 2.17. The van der Waals surface area contributed by atoms with Crippen LogP contribution in [0, 0.1) is 0 Å². The maximum Gasteiger partial charge on any atom is 0.0595 e. The molecular formula is C14H20Cl2O.